The van der Waals surface area contributed by atoms with E-state index in [1.54, 1.807) is 43.4 Å². The molecule has 2 amide bonds. The zero-order valence-electron chi connectivity index (χ0n) is 14.5. The first-order valence-corrected chi connectivity index (χ1v) is 7.47. The first-order valence-electron chi connectivity index (χ1n) is 7.47. The highest BCUT2D eigenvalue weighted by Gasteiger charge is 2.17. The summed E-state index contributed by atoms with van der Waals surface area (Å²) in [6.07, 6.45) is 0. The van der Waals surface area contributed by atoms with Crippen molar-refractivity contribution in [3.05, 3.63) is 47.5 Å². The van der Waals surface area contributed by atoms with E-state index in [-0.39, 0.29) is 11.8 Å². The Morgan fingerprint density at radius 2 is 1.36 bits per heavy atom. The maximum Gasteiger partial charge on any atom is 0.255 e. The summed E-state index contributed by atoms with van der Waals surface area (Å²) < 4.78 is 15.7. The second-order valence-electron chi connectivity index (χ2n) is 5.02. The summed E-state index contributed by atoms with van der Waals surface area (Å²) in [5.41, 5.74) is 1.42. The van der Waals surface area contributed by atoms with Crippen LogP contribution in [0.1, 0.15) is 20.7 Å². The Hall–Kier alpha value is -3.22. The third-order valence-corrected chi connectivity index (χ3v) is 3.56. The summed E-state index contributed by atoms with van der Waals surface area (Å²) in [7, 11) is 6.02. The van der Waals surface area contributed by atoms with Gasteiger partial charge >= 0.3 is 0 Å². The average molecular weight is 344 g/mol. The van der Waals surface area contributed by atoms with Crippen molar-refractivity contribution in [3.63, 3.8) is 0 Å². The van der Waals surface area contributed by atoms with Crippen LogP contribution < -0.4 is 24.8 Å². The lowest BCUT2D eigenvalue weighted by Crippen LogP contribution is -2.18. The summed E-state index contributed by atoms with van der Waals surface area (Å²) in [6, 6.07) is 9.69. The number of carbonyl (C=O) groups excluding carboxylic acids is 2. The predicted molar refractivity (Wildman–Crippen MR) is 93.9 cm³/mol. The summed E-state index contributed by atoms with van der Waals surface area (Å²) in [6.45, 7) is 0. The number of nitrogens with one attached hydrogen (secondary N) is 2. The Morgan fingerprint density at radius 3 is 1.80 bits per heavy atom. The number of hydrogen-bond acceptors (Lipinski definition) is 5. The molecule has 0 unspecified atom stereocenters. The van der Waals surface area contributed by atoms with E-state index < -0.39 is 0 Å². The minimum Gasteiger partial charge on any atom is -0.493 e. The van der Waals surface area contributed by atoms with Crippen LogP contribution in [0.4, 0.5) is 5.69 Å². The van der Waals surface area contributed by atoms with Crippen LogP contribution in [-0.2, 0) is 0 Å². The second-order valence-corrected chi connectivity index (χ2v) is 5.02. The minimum atomic E-state index is -0.341. The van der Waals surface area contributed by atoms with Crippen molar-refractivity contribution in [2.75, 3.05) is 33.7 Å². The van der Waals surface area contributed by atoms with Crippen LogP contribution in [0.3, 0.4) is 0 Å². The molecule has 2 N–H and O–H groups in total. The summed E-state index contributed by atoms with van der Waals surface area (Å²) in [4.78, 5) is 24.0. The molecule has 0 saturated heterocycles. The number of carbonyl (C=O) groups is 2. The molecule has 7 nitrogen and oxygen atoms in total. The molecule has 0 aromatic heterocycles. The molecule has 0 aliphatic carbocycles. The van der Waals surface area contributed by atoms with Gasteiger partial charge in [0.15, 0.2) is 11.5 Å². The van der Waals surface area contributed by atoms with Gasteiger partial charge in [-0.25, -0.2) is 0 Å². The quantitative estimate of drug-likeness (QED) is 0.840. The molecule has 0 fully saturated rings. The highest BCUT2D eigenvalue weighted by molar-refractivity contribution is 6.05. The third kappa shape index (κ3) is 4.00. The van der Waals surface area contributed by atoms with Crippen LogP contribution in [0, 0.1) is 0 Å². The van der Waals surface area contributed by atoms with Gasteiger partial charge in [0.25, 0.3) is 11.8 Å². The average Bonchev–Trinajstić information content (AvgIpc) is 2.66. The topological polar surface area (TPSA) is 85.9 Å². The largest absolute Gasteiger partial charge is 0.493 e. The molecule has 25 heavy (non-hydrogen) atoms. The summed E-state index contributed by atoms with van der Waals surface area (Å²) in [5, 5.41) is 5.30. The van der Waals surface area contributed by atoms with Gasteiger partial charge in [0.2, 0.25) is 5.75 Å². The van der Waals surface area contributed by atoms with Crippen LogP contribution in [0.25, 0.3) is 0 Å². The van der Waals surface area contributed by atoms with Crippen LogP contribution in [0.15, 0.2) is 36.4 Å². The Morgan fingerprint density at radius 1 is 0.800 bits per heavy atom. The zero-order valence-corrected chi connectivity index (χ0v) is 14.5. The van der Waals surface area contributed by atoms with Gasteiger partial charge in [0, 0.05) is 23.9 Å². The van der Waals surface area contributed by atoms with E-state index in [0.29, 0.717) is 34.1 Å². The van der Waals surface area contributed by atoms with Crippen LogP contribution >= 0.6 is 0 Å². The standard InChI is InChI=1S/C18H20N2O5/c1-19-17(21)11-5-7-13(8-6-11)20-18(22)12-9-14(23-2)16(25-4)15(10-12)24-3/h5-10H,1-4H3,(H,19,21)(H,20,22). The molecule has 7 heteroatoms. The fourth-order valence-corrected chi connectivity index (χ4v) is 2.26. The van der Waals surface area contributed by atoms with Crippen molar-refractivity contribution in [1.29, 1.82) is 0 Å². The molecule has 0 aliphatic rings. The van der Waals surface area contributed by atoms with Crippen LogP contribution in [0.2, 0.25) is 0 Å². The zero-order chi connectivity index (χ0) is 18.4. The van der Waals surface area contributed by atoms with Gasteiger partial charge in [-0.15, -0.1) is 0 Å². The third-order valence-electron chi connectivity index (χ3n) is 3.56. The molecule has 132 valence electrons. The van der Waals surface area contributed by atoms with Gasteiger partial charge in [0.05, 0.1) is 21.3 Å². The Balaban J connectivity index is 2.24. The lowest BCUT2D eigenvalue weighted by Gasteiger charge is -2.14. The molecule has 2 aromatic rings. The molecule has 0 atom stereocenters. The van der Waals surface area contributed by atoms with Crippen molar-refractivity contribution >= 4 is 17.5 Å². The first kappa shape index (κ1) is 18.1. The molecular weight excluding hydrogens is 324 g/mol. The molecule has 2 aromatic carbocycles. The number of benzene rings is 2. The van der Waals surface area contributed by atoms with Crippen molar-refractivity contribution in [3.8, 4) is 17.2 Å². The van der Waals surface area contributed by atoms with E-state index in [1.165, 1.54) is 21.3 Å². The number of ether oxygens (including phenoxy) is 3. The van der Waals surface area contributed by atoms with Gasteiger partial charge < -0.3 is 24.8 Å². The molecular formula is C18H20N2O5. The monoisotopic (exact) mass is 344 g/mol. The van der Waals surface area contributed by atoms with Crippen LogP contribution in [-0.4, -0.2) is 40.2 Å². The number of rotatable bonds is 6. The van der Waals surface area contributed by atoms with E-state index in [1.807, 2.05) is 0 Å². The number of amides is 2. The number of methoxy groups -OCH3 is 3. The maximum absolute atomic E-state index is 12.5. The molecule has 2 rings (SSSR count). The van der Waals surface area contributed by atoms with Gasteiger partial charge in [0.1, 0.15) is 0 Å². The van der Waals surface area contributed by atoms with Gasteiger partial charge in [-0.3, -0.25) is 9.59 Å². The normalized spacial score (nSPS) is 9.92. The highest BCUT2D eigenvalue weighted by atomic mass is 16.5. The minimum absolute atomic E-state index is 0.192. The van der Waals surface area contributed by atoms with E-state index in [4.69, 9.17) is 14.2 Å². The smallest absolute Gasteiger partial charge is 0.255 e. The Bertz CT molecular complexity index is 747. The van der Waals surface area contributed by atoms with E-state index in [2.05, 4.69) is 10.6 Å². The second kappa shape index (κ2) is 8.05. The van der Waals surface area contributed by atoms with E-state index in [9.17, 15) is 9.59 Å². The SMILES string of the molecule is CNC(=O)c1ccc(NC(=O)c2cc(OC)c(OC)c(OC)c2)cc1. The number of anilines is 1. The van der Waals surface area contributed by atoms with Crippen molar-refractivity contribution in [2.45, 2.75) is 0 Å². The molecule has 0 bridgehead atoms. The van der Waals surface area contributed by atoms with E-state index in [0.717, 1.165) is 0 Å². The molecule has 0 heterocycles. The van der Waals surface area contributed by atoms with Gasteiger partial charge in [-0.2, -0.15) is 0 Å². The first-order chi connectivity index (χ1) is 12.0. The molecule has 0 spiro atoms. The lowest BCUT2D eigenvalue weighted by molar-refractivity contribution is 0.0962. The van der Waals surface area contributed by atoms with Gasteiger partial charge in [-0.05, 0) is 36.4 Å². The summed E-state index contributed by atoms with van der Waals surface area (Å²) >= 11 is 0. The molecule has 0 radical (unpaired) electrons. The van der Waals surface area contributed by atoms with Crippen molar-refractivity contribution in [2.24, 2.45) is 0 Å². The van der Waals surface area contributed by atoms with Crippen molar-refractivity contribution < 1.29 is 23.8 Å². The molecule has 0 aliphatic heterocycles. The Kier molecular flexibility index (Phi) is 5.84. The van der Waals surface area contributed by atoms with Crippen molar-refractivity contribution in [1.82, 2.24) is 5.32 Å². The highest BCUT2D eigenvalue weighted by Crippen LogP contribution is 2.38. The molecule has 0 saturated carbocycles. The van der Waals surface area contributed by atoms with Crippen LogP contribution in [0.5, 0.6) is 17.2 Å². The summed E-state index contributed by atoms with van der Waals surface area (Å²) in [5.74, 6) is 0.662. The Labute approximate surface area is 145 Å². The number of hydrogen-bond donors (Lipinski definition) is 2. The fraction of sp³-hybridized carbons (Fsp3) is 0.222. The van der Waals surface area contributed by atoms with E-state index >= 15 is 0 Å². The lowest BCUT2D eigenvalue weighted by atomic mass is 10.1. The maximum atomic E-state index is 12.5. The fourth-order valence-electron chi connectivity index (χ4n) is 2.26. The van der Waals surface area contributed by atoms with Gasteiger partial charge in [-0.1, -0.05) is 0 Å². The predicted octanol–water partition coefficient (Wildman–Crippen LogP) is 2.32.